The number of halogens is 3. The number of fused-ring (bicyclic) bond motifs is 2. The molecule has 0 fully saturated rings. The molecule has 0 saturated heterocycles. The highest BCUT2D eigenvalue weighted by Gasteiger charge is 2.31. The van der Waals surface area contributed by atoms with Gasteiger partial charge in [0, 0.05) is 24.7 Å². The molecule has 0 unspecified atom stereocenters. The molecule has 0 aliphatic rings. The summed E-state index contributed by atoms with van der Waals surface area (Å²) in [4.78, 5) is 22.4. The van der Waals surface area contributed by atoms with Gasteiger partial charge in [-0.1, -0.05) is 0 Å². The zero-order valence-corrected chi connectivity index (χ0v) is 13.6. The number of aromatic carboxylic acids is 1. The Morgan fingerprint density at radius 2 is 2.11 bits per heavy atom. The van der Waals surface area contributed by atoms with Gasteiger partial charge in [-0.2, -0.15) is 5.10 Å². The maximum atomic E-state index is 12.4. The number of hydrogen-bond donors (Lipinski definition) is 2. The predicted octanol–water partition coefficient (Wildman–Crippen LogP) is 3.11. The summed E-state index contributed by atoms with van der Waals surface area (Å²) in [7, 11) is 1.56. The number of aryl methyl sites for hydroxylation is 1. The Bertz CT molecular complexity index is 1200. The van der Waals surface area contributed by atoms with Crippen LogP contribution in [0, 0.1) is 0 Å². The van der Waals surface area contributed by atoms with Crippen LogP contribution in [0.15, 0.2) is 30.6 Å². The van der Waals surface area contributed by atoms with Gasteiger partial charge in [0.15, 0.2) is 5.65 Å². The summed E-state index contributed by atoms with van der Waals surface area (Å²) in [5, 5.41) is 14.0. The quantitative estimate of drug-likeness (QED) is 0.568. The average Bonchev–Trinajstić information content (AvgIpc) is 3.14. The third-order valence-corrected chi connectivity index (χ3v) is 3.91. The Morgan fingerprint density at radius 1 is 1.33 bits per heavy atom. The van der Waals surface area contributed by atoms with Crippen LogP contribution in [-0.4, -0.2) is 42.2 Å². The van der Waals surface area contributed by atoms with Crippen LogP contribution in [-0.2, 0) is 7.05 Å². The minimum absolute atomic E-state index is 0.0412. The molecule has 1 aromatic carbocycles. The number of nitrogens with one attached hydrogen (secondary N) is 1. The average molecular weight is 377 g/mol. The Hall–Kier alpha value is -3.63. The highest BCUT2D eigenvalue weighted by Crippen LogP contribution is 2.31. The molecule has 0 atom stereocenters. The molecule has 0 saturated carbocycles. The van der Waals surface area contributed by atoms with E-state index < -0.39 is 12.3 Å². The second kappa shape index (κ2) is 5.69. The van der Waals surface area contributed by atoms with E-state index in [1.807, 2.05) is 0 Å². The van der Waals surface area contributed by atoms with E-state index in [1.165, 1.54) is 35.3 Å². The van der Waals surface area contributed by atoms with Gasteiger partial charge in [-0.05, 0) is 12.1 Å². The summed E-state index contributed by atoms with van der Waals surface area (Å²) in [5.74, 6) is -1.53. The number of carbonyl (C=O) groups is 1. The number of rotatable bonds is 3. The van der Waals surface area contributed by atoms with Gasteiger partial charge in [0.2, 0.25) is 0 Å². The molecule has 0 bridgehead atoms. The highest BCUT2D eigenvalue weighted by atomic mass is 19.4. The summed E-state index contributed by atoms with van der Waals surface area (Å²) in [6.45, 7) is 0. The van der Waals surface area contributed by atoms with E-state index in [4.69, 9.17) is 0 Å². The normalized spacial score (nSPS) is 12.0. The lowest BCUT2D eigenvalue weighted by Gasteiger charge is -2.08. The molecule has 138 valence electrons. The van der Waals surface area contributed by atoms with Gasteiger partial charge in [0.05, 0.1) is 11.7 Å². The van der Waals surface area contributed by atoms with E-state index in [0.29, 0.717) is 27.9 Å². The lowest BCUT2D eigenvalue weighted by molar-refractivity contribution is -0.274. The van der Waals surface area contributed by atoms with E-state index in [9.17, 15) is 23.1 Å². The molecule has 0 spiro atoms. The molecular weight excluding hydrogens is 367 g/mol. The second-order valence-electron chi connectivity index (χ2n) is 5.66. The molecule has 27 heavy (non-hydrogen) atoms. The van der Waals surface area contributed by atoms with E-state index >= 15 is 0 Å². The smallest absolute Gasteiger partial charge is 0.478 e. The molecule has 11 heteroatoms. The number of aromatic amines is 1. The largest absolute Gasteiger partial charge is 0.573 e. The summed E-state index contributed by atoms with van der Waals surface area (Å²) in [6.07, 6.45) is -2.10. The zero-order valence-electron chi connectivity index (χ0n) is 13.6. The van der Waals surface area contributed by atoms with Crippen LogP contribution >= 0.6 is 0 Å². The Morgan fingerprint density at radius 3 is 2.81 bits per heavy atom. The van der Waals surface area contributed by atoms with Crippen LogP contribution in [0.4, 0.5) is 13.2 Å². The Labute approximate surface area is 148 Å². The van der Waals surface area contributed by atoms with E-state index in [1.54, 1.807) is 7.05 Å². The number of ether oxygens (including phenoxy) is 1. The number of alkyl halides is 3. The first-order valence-electron chi connectivity index (χ1n) is 7.53. The molecule has 4 rings (SSSR count). The zero-order chi connectivity index (χ0) is 19.3. The lowest BCUT2D eigenvalue weighted by Crippen LogP contribution is -2.17. The maximum Gasteiger partial charge on any atom is 0.573 e. The summed E-state index contributed by atoms with van der Waals surface area (Å²) >= 11 is 0. The predicted molar refractivity (Wildman–Crippen MR) is 87.2 cm³/mol. The molecule has 0 amide bonds. The van der Waals surface area contributed by atoms with Crippen LogP contribution in [0.2, 0.25) is 0 Å². The number of H-pyrrole nitrogens is 1. The van der Waals surface area contributed by atoms with Crippen molar-refractivity contribution in [3.63, 3.8) is 0 Å². The number of nitrogens with zero attached hydrogens (tertiary/aromatic N) is 4. The molecule has 0 aliphatic heterocycles. The highest BCUT2D eigenvalue weighted by molar-refractivity contribution is 6.01. The first kappa shape index (κ1) is 16.8. The van der Waals surface area contributed by atoms with E-state index in [2.05, 4.69) is 24.8 Å². The van der Waals surface area contributed by atoms with Crippen molar-refractivity contribution in [1.82, 2.24) is 24.7 Å². The van der Waals surface area contributed by atoms with Gasteiger partial charge in [-0.3, -0.25) is 4.68 Å². The minimum Gasteiger partial charge on any atom is -0.478 e. The van der Waals surface area contributed by atoms with Crippen molar-refractivity contribution in [3.8, 4) is 17.1 Å². The molecule has 3 heterocycles. The van der Waals surface area contributed by atoms with E-state index in [-0.39, 0.29) is 16.8 Å². The summed E-state index contributed by atoms with van der Waals surface area (Å²) < 4.78 is 42.6. The molecule has 4 aromatic rings. The standard InChI is InChI=1S/C16H10F3N5O3/c1-24-11-4-7(27-16(17,18)19)2-3-8(11)12(23-24)10-6-21-14-13(22-10)9(5-20-14)15(25)26/h2-6H,1H3,(H,20,21)(H,25,26). The van der Waals surface area contributed by atoms with Crippen LogP contribution in [0.5, 0.6) is 5.75 Å². The van der Waals surface area contributed by atoms with Gasteiger partial charge >= 0.3 is 12.3 Å². The monoisotopic (exact) mass is 377 g/mol. The van der Waals surface area contributed by atoms with Crippen molar-refractivity contribution in [3.05, 3.63) is 36.2 Å². The fourth-order valence-electron chi connectivity index (χ4n) is 2.79. The number of hydrogen-bond acceptors (Lipinski definition) is 5. The molecule has 0 radical (unpaired) electrons. The molecule has 3 aromatic heterocycles. The van der Waals surface area contributed by atoms with Crippen molar-refractivity contribution in [1.29, 1.82) is 0 Å². The molecular formula is C16H10F3N5O3. The molecule has 8 nitrogen and oxygen atoms in total. The van der Waals surface area contributed by atoms with Crippen LogP contribution in [0.1, 0.15) is 10.4 Å². The molecule has 2 N–H and O–H groups in total. The van der Waals surface area contributed by atoms with Crippen LogP contribution < -0.4 is 4.74 Å². The fourth-order valence-corrected chi connectivity index (χ4v) is 2.79. The van der Waals surface area contributed by atoms with Gasteiger partial charge < -0.3 is 14.8 Å². The SMILES string of the molecule is Cn1nc(-c2cnc3[nH]cc(C(=O)O)c3n2)c2ccc(OC(F)(F)F)cc21. The maximum absolute atomic E-state index is 12.4. The Kier molecular flexibility index (Phi) is 3.54. The summed E-state index contributed by atoms with van der Waals surface area (Å²) in [5.41, 5.74) is 1.47. The topological polar surface area (TPSA) is 106 Å². The van der Waals surface area contributed by atoms with Gasteiger partial charge in [0.25, 0.3) is 0 Å². The fraction of sp³-hybridized carbons (Fsp3) is 0.125. The number of carboxylic acid groups (broad SMARTS) is 1. The second-order valence-corrected chi connectivity index (χ2v) is 5.66. The molecule has 0 aliphatic carbocycles. The first-order valence-corrected chi connectivity index (χ1v) is 7.53. The van der Waals surface area contributed by atoms with Gasteiger partial charge in [0.1, 0.15) is 28.2 Å². The first-order chi connectivity index (χ1) is 12.7. The van der Waals surface area contributed by atoms with Crippen LogP contribution in [0.25, 0.3) is 33.5 Å². The van der Waals surface area contributed by atoms with Crippen molar-refractivity contribution in [2.45, 2.75) is 6.36 Å². The minimum atomic E-state index is -4.80. The van der Waals surface area contributed by atoms with Crippen molar-refractivity contribution in [2.24, 2.45) is 7.05 Å². The van der Waals surface area contributed by atoms with E-state index in [0.717, 1.165) is 0 Å². The van der Waals surface area contributed by atoms with Crippen molar-refractivity contribution in [2.75, 3.05) is 0 Å². The van der Waals surface area contributed by atoms with Gasteiger partial charge in [-0.25, -0.2) is 14.8 Å². The van der Waals surface area contributed by atoms with Crippen molar-refractivity contribution < 1.29 is 27.8 Å². The number of aromatic nitrogens is 5. The van der Waals surface area contributed by atoms with Crippen molar-refractivity contribution >= 4 is 28.0 Å². The van der Waals surface area contributed by atoms with Crippen LogP contribution in [0.3, 0.4) is 0 Å². The van der Waals surface area contributed by atoms with Gasteiger partial charge in [-0.15, -0.1) is 13.2 Å². The Balaban J connectivity index is 1.85. The number of carboxylic acids is 1. The summed E-state index contributed by atoms with van der Waals surface area (Å²) in [6, 6.07) is 3.82. The lowest BCUT2D eigenvalue weighted by atomic mass is 10.1. The third kappa shape index (κ3) is 2.92. The number of benzene rings is 1. The third-order valence-electron chi connectivity index (χ3n) is 3.91.